The zero-order valence-corrected chi connectivity index (χ0v) is 21.3. The molecule has 5 aliphatic rings. The van der Waals surface area contributed by atoms with Crippen LogP contribution in [-0.4, -0.2) is 40.5 Å². The number of esters is 1. The SMILES string of the molecule is CC(=O)OC1CC2(C)C(c3ccoc3)CC3OC32C2(C)C(=O)C(O)=C3C(C)(C)C(=O)CCC3(C)C12. The minimum atomic E-state index is -1.12. The molecule has 1 aromatic heterocycles. The molecule has 1 aromatic rings. The van der Waals surface area contributed by atoms with E-state index in [1.54, 1.807) is 26.4 Å². The van der Waals surface area contributed by atoms with Crippen molar-refractivity contribution in [3.63, 3.8) is 0 Å². The van der Waals surface area contributed by atoms with Crippen LogP contribution in [0.15, 0.2) is 34.3 Å². The number of ether oxygens (including phenoxy) is 2. The monoisotopic (exact) mass is 482 g/mol. The predicted octanol–water partition coefficient (Wildman–Crippen LogP) is 4.66. The molecule has 1 spiro atoms. The maximum Gasteiger partial charge on any atom is 0.302 e. The first-order valence-electron chi connectivity index (χ1n) is 12.7. The Hall–Kier alpha value is -2.41. The number of epoxide rings is 1. The van der Waals surface area contributed by atoms with Crippen LogP contribution >= 0.6 is 0 Å². The summed E-state index contributed by atoms with van der Waals surface area (Å²) < 4.78 is 18.0. The third-order valence-corrected chi connectivity index (χ3v) is 10.8. The van der Waals surface area contributed by atoms with Crippen molar-refractivity contribution in [3.8, 4) is 0 Å². The number of Topliss-reactive ketones (excluding diaryl/α,β-unsaturated/α-hetero) is 2. The lowest BCUT2D eigenvalue weighted by Gasteiger charge is -2.65. The second kappa shape index (κ2) is 6.47. The van der Waals surface area contributed by atoms with E-state index >= 15 is 0 Å². The number of ketones is 2. The summed E-state index contributed by atoms with van der Waals surface area (Å²) in [6.07, 6.45) is 4.80. The van der Waals surface area contributed by atoms with Gasteiger partial charge in [-0.3, -0.25) is 14.4 Å². The zero-order valence-electron chi connectivity index (χ0n) is 21.3. The van der Waals surface area contributed by atoms with E-state index in [0.29, 0.717) is 24.8 Å². The Morgan fingerprint density at radius 3 is 2.51 bits per heavy atom. The third kappa shape index (κ3) is 2.35. The average molecular weight is 483 g/mol. The van der Waals surface area contributed by atoms with E-state index in [9.17, 15) is 19.5 Å². The summed E-state index contributed by atoms with van der Waals surface area (Å²) in [5, 5.41) is 11.6. The van der Waals surface area contributed by atoms with Gasteiger partial charge in [0.15, 0.2) is 5.76 Å². The number of hydrogen-bond donors (Lipinski definition) is 1. The Bertz CT molecular complexity index is 1190. The fourth-order valence-corrected chi connectivity index (χ4v) is 9.68. The predicted molar refractivity (Wildman–Crippen MR) is 124 cm³/mol. The smallest absolute Gasteiger partial charge is 0.302 e. The maximum absolute atomic E-state index is 14.4. The highest BCUT2D eigenvalue weighted by Gasteiger charge is 2.89. The number of allylic oxidation sites excluding steroid dienone is 2. The fraction of sp³-hybridized carbons (Fsp3) is 0.679. The molecule has 1 N–H and O–H groups in total. The van der Waals surface area contributed by atoms with Gasteiger partial charge in [0.1, 0.15) is 17.5 Å². The molecule has 0 aromatic carbocycles. The summed E-state index contributed by atoms with van der Waals surface area (Å²) >= 11 is 0. The average Bonchev–Trinajstić information content (AvgIpc) is 3.13. The lowest BCUT2D eigenvalue weighted by atomic mass is 9.38. The van der Waals surface area contributed by atoms with Crippen molar-refractivity contribution >= 4 is 17.5 Å². The van der Waals surface area contributed by atoms with E-state index < -0.39 is 51.0 Å². The molecule has 3 saturated carbocycles. The number of aliphatic hydroxyl groups is 1. The molecular weight excluding hydrogens is 448 g/mol. The minimum absolute atomic E-state index is 0.0113. The van der Waals surface area contributed by atoms with Crippen molar-refractivity contribution in [3.05, 3.63) is 35.5 Å². The largest absolute Gasteiger partial charge is 0.504 e. The Kier molecular flexibility index (Phi) is 4.26. The molecule has 2 heterocycles. The Labute approximate surface area is 205 Å². The molecule has 8 unspecified atom stereocenters. The number of fused-ring (bicyclic) bond motifs is 3. The minimum Gasteiger partial charge on any atom is -0.504 e. The molecule has 4 fully saturated rings. The summed E-state index contributed by atoms with van der Waals surface area (Å²) in [4.78, 5) is 39.7. The van der Waals surface area contributed by atoms with Crippen LogP contribution in [0.25, 0.3) is 0 Å². The van der Waals surface area contributed by atoms with Crippen LogP contribution in [0.2, 0.25) is 0 Å². The van der Waals surface area contributed by atoms with Crippen LogP contribution in [-0.2, 0) is 23.9 Å². The molecule has 1 saturated heterocycles. The van der Waals surface area contributed by atoms with E-state index in [2.05, 4.69) is 6.92 Å². The molecule has 188 valence electrons. The second-order valence-electron chi connectivity index (χ2n) is 12.7. The van der Waals surface area contributed by atoms with Crippen molar-refractivity contribution in [2.75, 3.05) is 0 Å². The first kappa shape index (κ1) is 23.0. The van der Waals surface area contributed by atoms with E-state index in [1.165, 1.54) is 6.92 Å². The summed E-state index contributed by atoms with van der Waals surface area (Å²) in [7, 11) is 0. The number of aliphatic hydroxyl groups excluding tert-OH is 1. The summed E-state index contributed by atoms with van der Waals surface area (Å²) in [5.41, 5.74) is -2.58. The van der Waals surface area contributed by atoms with Gasteiger partial charge < -0.3 is 19.0 Å². The van der Waals surface area contributed by atoms with Gasteiger partial charge in [-0.1, -0.05) is 13.8 Å². The quantitative estimate of drug-likeness (QED) is 0.483. The molecule has 35 heavy (non-hydrogen) atoms. The Morgan fingerprint density at radius 1 is 1.17 bits per heavy atom. The Balaban J connectivity index is 1.61. The molecule has 7 nitrogen and oxygen atoms in total. The normalized spacial score (nSPS) is 47.5. The molecule has 1 aliphatic heterocycles. The van der Waals surface area contributed by atoms with Gasteiger partial charge in [-0.2, -0.15) is 0 Å². The number of carbonyl (C=O) groups is 3. The van der Waals surface area contributed by atoms with Crippen LogP contribution < -0.4 is 0 Å². The lowest BCUT2D eigenvalue weighted by Crippen LogP contribution is -2.71. The van der Waals surface area contributed by atoms with Gasteiger partial charge in [0.05, 0.1) is 24.0 Å². The van der Waals surface area contributed by atoms with Crippen LogP contribution in [0.1, 0.15) is 78.7 Å². The number of carbonyl (C=O) groups excluding carboxylic acids is 3. The van der Waals surface area contributed by atoms with E-state index in [1.807, 2.05) is 19.9 Å². The van der Waals surface area contributed by atoms with Crippen molar-refractivity contribution in [1.82, 2.24) is 0 Å². The Morgan fingerprint density at radius 2 is 1.89 bits per heavy atom. The molecule has 0 bridgehead atoms. The summed E-state index contributed by atoms with van der Waals surface area (Å²) in [6.45, 7) is 11.1. The number of hydrogen-bond acceptors (Lipinski definition) is 7. The van der Waals surface area contributed by atoms with Gasteiger partial charge >= 0.3 is 5.97 Å². The lowest BCUT2D eigenvalue weighted by molar-refractivity contribution is -0.207. The van der Waals surface area contributed by atoms with Crippen LogP contribution in [0.4, 0.5) is 0 Å². The topological polar surface area (TPSA) is 106 Å². The van der Waals surface area contributed by atoms with Crippen LogP contribution in [0, 0.1) is 27.6 Å². The molecule has 4 aliphatic carbocycles. The van der Waals surface area contributed by atoms with Crippen molar-refractivity contribution in [2.45, 2.75) is 91.0 Å². The van der Waals surface area contributed by atoms with Crippen molar-refractivity contribution in [1.29, 1.82) is 0 Å². The second-order valence-corrected chi connectivity index (χ2v) is 12.7. The van der Waals surface area contributed by atoms with Crippen LogP contribution in [0.5, 0.6) is 0 Å². The van der Waals surface area contributed by atoms with E-state index in [-0.39, 0.29) is 23.6 Å². The van der Waals surface area contributed by atoms with Gasteiger partial charge in [-0.25, -0.2) is 0 Å². The van der Waals surface area contributed by atoms with Crippen LogP contribution in [0.3, 0.4) is 0 Å². The first-order valence-corrected chi connectivity index (χ1v) is 12.7. The van der Waals surface area contributed by atoms with E-state index in [4.69, 9.17) is 13.9 Å². The maximum atomic E-state index is 14.4. The van der Waals surface area contributed by atoms with Gasteiger partial charge in [0, 0.05) is 35.5 Å². The van der Waals surface area contributed by atoms with E-state index in [0.717, 1.165) is 12.0 Å². The summed E-state index contributed by atoms with van der Waals surface area (Å²) in [5.74, 6) is -1.44. The molecule has 8 atom stereocenters. The van der Waals surface area contributed by atoms with Crippen molar-refractivity contribution < 1.29 is 33.4 Å². The number of rotatable bonds is 2. The van der Waals surface area contributed by atoms with Gasteiger partial charge in [0.25, 0.3) is 0 Å². The number of furan rings is 1. The van der Waals surface area contributed by atoms with Gasteiger partial charge in [0.2, 0.25) is 5.78 Å². The highest BCUT2D eigenvalue weighted by atomic mass is 16.6. The standard InChI is InChI=1S/C28H34O7/c1-14(29)34-17-12-26(5)16(15-8-10-33-13-15)11-19-28(26,35-19)27(6)21(17)25(4)9-7-18(30)24(2,3)22(25)20(31)23(27)32/h8,10,13,16-17,19,21,31H,7,9,11-12H2,1-6H3. The zero-order chi connectivity index (χ0) is 25.3. The van der Waals surface area contributed by atoms with Crippen molar-refractivity contribution in [2.24, 2.45) is 27.6 Å². The third-order valence-electron chi connectivity index (χ3n) is 10.8. The molecule has 0 amide bonds. The van der Waals surface area contributed by atoms with Gasteiger partial charge in [-0.05, 0) is 63.2 Å². The molecule has 6 rings (SSSR count). The molecular formula is C28H34O7. The first-order chi connectivity index (χ1) is 16.3. The highest BCUT2D eigenvalue weighted by molar-refractivity contribution is 6.04. The molecule has 7 heteroatoms. The fourth-order valence-electron chi connectivity index (χ4n) is 9.68. The highest BCUT2D eigenvalue weighted by Crippen LogP contribution is 2.81. The summed E-state index contributed by atoms with van der Waals surface area (Å²) in [6, 6.07) is 1.96. The molecule has 0 radical (unpaired) electrons. The van der Waals surface area contributed by atoms with Gasteiger partial charge in [-0.15, -0.1) is 0 Å².